The summed E-state index contributed by atoms with van der Waals surface area (Å²) in [6.07, 6.45) is 8.71. The van der Waals surface area contributed by atoms with Crippen molar-refractivity contribution in [3.8, 4) is 0 Å². The van der Waals surface area contributed by atoms with E-state index in [0.29, 0.717) is 6.54 Å². The molecule has 1 aromatic carbocycles. The molecular formula is C23H35N3O3. The van der Waals surface area contributed by atoms with Crippen LogP contribution in [0.25, 0.3) is 0 Å². The predicted molar refractivity (Wildman–Crippen MR) is 113 cm³/mol. The molecule has 6 heteroatoms. The topological polar surface area (TPSA) is 70.7 Å². The molecule has 3 rings (SSSR count). The smallest absolute Gasteiger partial charge is 0.309 e. The number of morpholine rings is 1. The fourth-order valence-corrected chi connectivity index (χ4v) is 4.19. The lowest BCUT2D eigenvalue weighted by Gasteiger charge is -2.33. The molecule has 6 nitrogen and oxygen atoms in total. The summed E-state index contributed by atoms with van der Waals surface area (Å²) in [7, 11) is 0. The lowest BCUT2D eigenvalue weighted by Crippen LogP contribution is -2.44. The van der Waals surface area contributed by atoms with Crippen LogP contribution in [-0.4, -0.2) is 55.5 Å². The molecule has 160 valence electrons. The molecule has 2 fully saturated rings. The van der Waals surface area contributed by atoms with Crippen molar-refractivity contribution < 1.29 is 14.3 Å². The normalized spacial score (nSPS) is 21.3. The van der Waals surface area contributed by atoms with Gasteiger partial charge in [-0.2, -0.15) is 0 Å². The first-order chi connectivity index (χ1) is 14.2. The van der Waals surface area contributed by atoms with Crippen LogP contribution < -0.4 is 10.6 Å². The summed E-state index contributed by atoms with van der Waals surface area (Å²) < 4.78 is 5.91. The number of rotatable bonds is 7. The third-order valence-corrected chi connectivity index (χ3v) is 5.91. The Kier molecular flexibility index (Phi) is 8.96. The quantitative estimate of drug-likeness (QED) is 0.419. The molecule has 1 aliphatic heterocycles. The second-order valence-electron chi connectivity index (χ2n) is 8.20. The monoisotopic (exact) mass is 401 g/mol. The average Bonchev–Trinajstić information content (AvgIpc) is 3.03. The molecular weight excluding hydrogens is 366 g/mol. The zero-order chi connectivity index (χ0) is 20.3. The van der Waals surface area contributed by atoms with Gasteiger partial charge in [0.25, 0.3) is 0 Å². The first kappa shape index (κ1) is 21.8. The molecule has 2 aliphatic rings. The van der Waals surface area contributed by atoms with Crippen molar-refractivity contribution in [1.29, 1.82) is 0 Å². The van der Waals surface area contributed by atoms with Gasteiger partial charge in [0.15, 0.2) is 0 Å². The van der Waals surface area contributed by atoms with Crippen molar-refractivity contribution >= 4 is 11.8 Å². The van der Waals surface area contributed by atoms with E-state index in [9.17, 15) is 9.59 Å². The minimum absolute atomic E-state index is 0.136. The molecule has 2 N–H and O–H groups in total. The second-order valence-corrected chi connectivity index (χ2v) is 8.20. The zero-order valence-electron chi connectivity index (χ0n) is 17.4. The number of hydrogen-bond donors (Lipinski definition) is 2. The first-order valence-corrected chi connectivity index (χ1v) is 11.2. The SMILES string of the molecule is O=C(NCCCCN1CCOC(c2ccccc2)C1)C(=O)NC1CCCCCC1. The van der Waals surface area contributed by atoms with Crippen LogP contribution in [0.4, 0.5) is 0 Å². The van der Waals surface area contributed by atoms with Gasteiger partial charge in [0.05, 0.1) is 12.7 Å². The van der Waals surface area contributed by atoms with Gasteiger partial charge in [0.2, 0.25) is 0 Å². The third-order valence-electron chi connectivity index (χ3n) is 5.91. The largest absolute Gasteiger partial charge is 0.371 e. The summed E-state index contributed by atoms with van der Waals surface area (Å²) in [5.41, 5.74) is 1.23. The molecule has 0 aromatic heterocycles. The van der Waals surface area contributed by atoms with Crippen LogP contribution in [0.2, 0.25) is 0 Å². The number of amides is 2. The molecule has 2 amide bonds. The molecule has 1 heterocycles. The van der Waals surface area contributed by atoms with Gasteiger partial charge in [-0.1, -0.05) is 56.0 Å². The highest BCUT2D eigenvalue weighted by Crippen LogP contribution is 2.22. The van der Waals surface area contributed by atoms with Crippen LogP contribution in [0, 0.1) is 0 Å². The summed E-state index contributed by atoms with van der Waals surface area (Å²) in [5.74, 6) is -0.972. The van der Waals surface area contributed by atoms with Crippen LogP contribution in [0.15, 0.2) is 30.3 Å². The maximum absolute atomic E-state index is 12.1. The number of hydrogen-bond acceptors (Lipinski definition) is 4. The van der Waals surface area contributed by atoms with Crippen molar-refractivity contribution in [1.82, 2.24) is 15.5 Å². The molecule has 1 aromatic rings. The molecule has 1 saturated carbocycles. The van der Waals surface area contributed by atoms with E-state index in [2.05, 4.69) is 27.7 Å². The summed E-state index contributed by atoms with van der Waals surface area (Å²) in [6, 6.07) is 10.5. The summed E-state index contributed by atoms with van der Waals surface area (Å²) in [4.78, 5) is 26.5. The number of nitrogens with zero attached hydrogens (tertiary/aromatic N) is 1. The summed E-state index contributed by atoms with van der Waals surface area (Å²) >= 11 is 0. The van der Waals surface area contributed by atoms with E-state index in [1.54, 1.807) is 0 Å². The van der Waals surface area contributed by atoms with E-state index in [1.807, 2.05) is 18.2 Å². The molecule has 1 unspecified atom stereocenters. The van der Waals surface area contributed by atoms with Crippen LogP contribution in [-0.2, 0) is 14.3 Å². The fourth-order valence-electron chi connectivity index (χ4n) is 4.19. The molecule has 29 heavy (non-hydrogen) atoms. The van der Waals surface area contributed by atoms with E-state index < -0.39 is 11.8 Å². The molecule has 1 saturated heterocycles. The second kappa shape index (κ2) is 11.9. The number of nitrogens with one attached hydrogen (secondary N) is 2. The van der Waals surface area contributed by atoms with Crippen LogP contribution in [0.1, 0.15) is 63.0 Å². The van der Waals surface area contributed by atoms with E-state index in [1.165, 1.54) is 18.4 Å². The Bertz CT molecular complexity index is 630. The maximum atomic E-state index is 12.1. The Labute approximate surface area is 174 Å². The van der Waals surface area contributed by atoms with Crippen LogP contribution in [0.3, 0.4) is 0 Å². The van der Waals surface area contributed by atoms with Crippen LogP contribution >= 0.6 is 0 Å². The highest BCUT2D eigenvalue weighted by molar-refractivity contribution is 6.35. The number of carbonyl (C=O) groups excluding carboxylic acids is 2. The number of carbonyl (C=O) groups is 2. The van der Waals surface area contributed by atoms with Crippen molar-refractivity contribution in [2.24, 2.45) is 0 Å². The molecule has 0 spiro atoms. The molecule has 1 atom stereocenters. The Hall–Kier alpha value is -1.92. The minimum atomic E-state index is -0.496. The lowest BCUT2D eigenvalue weighted by molar-refractivity contribution is -0.139. The molecule has 1 aliphatic carbocycles. The highest BCUT2D eigenvalue weighted by atomic mass is 16.5. The summed E-state index contributed by atoms with van der Waals surface area (Å²) in [5, 5.41) is 5.66. The molecule has 0 radical (unpaired) electrons. The van der Waals surface area contributed by atoms with Crippen molar-refractivity contribution in [3.63, 3.8) is 0 Å². The van der Waals surface area contributed by atoms with Gasteiger partial charge in [-0.15, -0.1) is 0 Å². The van der Waals surface area contributed by atoms with E-state index >= 15 is 0 Å². The van der Waals surface area contributed by atoms with Crippen molar-refractivity contribution in [2.75, 3.05) is 32.8 Å². The van der Waals surface area contributed by atoms with Crippen LogP contribution in [0.5, 0.6) is 0 Å². The van der Waals surface area contributed by atoms with Gasteiger partial charge in [0, 0.05) is 25.7 Å². The van der Waals surface area contributed by atoms with Gasteiger partial charge in [-0.25, -0.2) is 0 Å². The van der Waals surface area contributed by atoms with E-state index in [-0.39, 0.29) is 12.1 Å². The molecule has 0 bridgehead atoms. The average molecular weight is 402 g/mol. The minimum Gasteiger partial charge on any atom is -0.371 e. The Morgan fingerprint density at radius 1 is 1.00 bits per heavy atom. The highest BCUT2D eigenvalue weighted by Gasteiger charge is 2.22. The lowest BCUT2D eigenvalue weighted by atomic mass is 10.1. The van der Waals surface area contributed by atoms with E-state index in [0.717, 1.165) is 64.8 Å². The van der Waals surface area contributed by atoms with Gasteiger partial charge < -0.3 is 15.4 Å². The Morgan fingerprint density at radius 3 is 2.52 bits per heavy atom. The maximum Gasteiger partial charge on any atom is 0.309 e. The standard InChI is InChI=1S/C23H35N3O3/c27-22(23(28)25-20-12-6-1-2-7-13-20)24-14-8-9-15-26-16-17-29-21(18-26)19-10-4-3-5-11-19/h3-5,10-11,20-21H,1-2,6-9,12-18H2,(H,24,27)(H,25,28). The fraction of sp³-hybridized carbons (Fsp3) is 0.652. The van der Waals surface area contributed by atoms with Gasteiger partial charge in [-0.3, -0.25) is 14.5 Å². The summed E-state index contributed by atoms with van der Waals surface area (Å²) in [6.45, 7) is 4.12. The van der Waals surface area contributed by atoms with Gasteiger partial charge >= 0.3 is 11.8 Å². The van der Waals surface area contributed by atoms with Gasteiger partial charge in [-0.05, 0) is 37.8 Å². The number of unbranched alkanes of at least 4 members (excludes halogenated alkanes) is 1. The van der Waals surface area contributed by atoms with Gasteiger partial charge in [0.1, 0.15) is 0 Å². The number of benzene rings is 1. The first-order valence-electron chi connectivity index (χ1n) is 11.2. The van der Waals surface area contributed by atoms with Crippen molar-refractivity contribution in [2.45, 2.75) is 63.5 Å². The predicted octanol–water partition coefficient (Wildman–Crippen LogP) is 2.80. The third kappa shape index (κ3) is 7.44. The van der Waals surface area contributed by atoms with E-state index in [4.69, 9.17) is 4.74 Å². The zero-order valence-corrected chi connectivity index (χ0v) is 17.4. The Balaban J connectivity index is 1.28. The Morgan fingerprint density at radius 2 is 1.76 bits per heavy atom. The number of ether oxygens (including phenoxy) is 1. The van der Waals surface area contributed by atoms with Crippen molar-refractivity contribution in [3.05, 3.63) is 35.9 Å².